The van der Waals surface area contributed by atoms with Gasteiger partial charge in [0.25, 0.3) is 5.91 Å². The lowest BCUT2D eigenvalue weighted by molar-refractivity contribution is 0.0938. The molecule has 2 heterocycles. The standard InChI is InChI=1S/C19H22N6O2/c1-11(2)25-17-15(10-21-25)14(18(26)23-24-19(27)20-4)9-16(22-17)13-8-6-5-7-12(13)3/h5-11H,1-4H3,(H,23,26)(H2,20,24,27). The van der Waals surface area contributed by atoms with Crippen molar-refractivity contribution in [2.24, 2.45) is 0 Å². The molecule has 140 valence electrons. The summed E-state index contributed by atoms with van der Waals surface area (Å²) >= 11 is 0. The van der Waals surface area contributed by atoms with Gasteiger partial charge in [-0.25, -0.2) is 19.9 Å². The van der Waals surface area contributed by atoms with Crippen molar-refractivity contribution in [3.05, 3.63) is 47.7 Å². The zero-order chi connectivity index (χ0) is 19.6. The summed E-state index contributed by atoms with van der Waals surface area (Å²) in [5.41, 5.74) is 8.38. The van der Waals surface area contributed by atoms with Crippen molar-refractivity contribution in [3.63, 3.8) is 0 Å². The van der Waals surface area contributed by atoms with E-state index in [2.05, 4.69) is 21.3 Å². The first kappa shape index (κ1) is 18.4. The van der Waals surface area contributed by atoms with Gasteiger partial charge < -0.3 is 5.32 Å². The third-order valence-electron chi connectivity index (χ3n) is 4.24. The number of aryl methyl sites for hydroxylation is 1. The van der Waals surface area contributed by atoms with E-state index in [-0.39, 0.29) is 6.04 Å². The third-order valence-corrected chi connectivity index (χ3v) is 4.24. The second-order valence-electron chi connectivity index (χ2n) is 6.45. The molecule has 3 rings (SSSR count). The van der Waals surface area contributed by atoms with Crippen LogP contribution in [0.1, 0.15) is 35.8 Å². The lowest BCUT2D eigenvalue weighted by atomic mass is 10.0. The molecule has 8 nitrogen and oxygen atoms in total. The first-order valence-electron chi connectivity index (χ1n) is 8.64. The van der Waals surface area contributed by atoms with Gasteiger partial charge in [-0.1, -0.05) is 24.3 Å². The quantitative estimate of drug-likeness (QED) is 0.620. The Kier molecular flexibility index (Phi) is 5.07. The Bertz CT molecular complexity index is 1010. The van der Waals surface area contributed by atoms with E-state index in [1.54, 1.807) is 16.9 Å². The number of benzene rings is 1. The molecule has 0 atom stereocenters. The van der Waals surface area contributed by atoms with Crippen molar-refractivity contribution in [2.75, 3.05) is 7.05 Å². The molecule has 3 N–H and O–H groups in total. The number of urea groups is 1. The number of carbonyl (C=O) groups is 2. The molecule has 8 heteroatoms. The molecule has 0 spiro atoms. The van der Waals surface area contributed by atoms with Crippen molar-refractivity contribution in [2.45, 2.75) is 26.8 Å². The summed E-state index contributed by atoms with van der Waals surface area (Å²) in [6.07, 6.45) is 1.62. The van der Waals surface area contributed by atoms with Crippen molar-refractivity contribution in [1.82, 2.24) is 30.9 Å². The zero-order valence-corrected chi connectivity index (χ0v) is 15.7. The average Bonchev–Trinajstić information content (AvgIpc) is 3.09. The highest BCUT2D eigenvalue weighted by atomic mass is 16.2. The van der Waals surface area contributed by atoms with E-state index in [0.29, 0.717) is 22.3 Å². The van der Waals surface area contributed by atoms with Gasteiger partial charge in [-0.2, -0.15) is 5.10 Å². The van der Waals surface area contributed by atoms with Gasteiger partial charge in [-0.15, -0.1) is 0 Å². The topological polar surface area (TPSA) is 101 Å². The predicted octanol–water partition coefficient (Wildman–Crippen LogP) is 2.56. The smallest absolute Gasteiger partial charge is 0.333 e. The van der Waals surface area contributed by atoms with E-state index in [9.17, 15) is 9.59 Å². The number of hydrogen-bond acceptors (Lipinski definition) is 4. The van der Waals surface area contributed by atoms with Gasteiger partial charge >= 0.3 is 6.03 Å². The Labute approximate surface area is 156 Å². The van der Waals surface area contributed by atoms with Gasteiger partial charge in [-0.05, 0) is 32.4 Å². The monoisotopic (exact) mass is 366 g/mol. The molecule has 0 bridgehead atoms. The van der Waals surface area contributed by atoms with Crippen LogP contribution >= 0.6 is 0 Å². The van der Waals surface area contributed by atoms with E-state index >= 15 is 0 Å². The minimum atomic E-state index is -0.509. The van der Waals surface area contributed by atoms with Crippen LogP contribution in [0.3, 0.4) is 0 Å². The number of rotatable bonds is 3. The molecule has 0 aliphatic rings. The summed E-state index contributed by atoms with van der Waals surface area (Å²) in [6.45, 7) is 6.00. The first-order valence-corrected chi connectivity index (χ1v) is 8.64. The highest BCUT2D eigenvalue weighted by Crippen LogP contribution is 2.28. The molecule has 0 unspecified atom stereocenters. The molecule has 1 aromatic carbocycles. The Morgan fingerprint density at radius 2 is 1.89 bits per heavy atom. The highest BCUT2D eigenvalue weighted by Gasteiger charge is 2.19. The SMILES string of the molecule is CNC(=O)NNC(=O)c1cc(-c2ccccc2C)nc2c1cnn2C(C)C. The molecule has 0 fully saturated rings. The number of nitrogens with zero attached hydrogens (tertiary/aromatic N) is 3. The Balaban J connectivity index is 2.15. The van der Waals surface area contributed by atoms with Crippen molar-refractivity contribution in [1.29, 1.82) is 0 Å². The first-order chi connectivity index (χ1) is 12.9. The molecule has 0 radical (unpaired) electrons. The molecule has 0 saturated carbocycles. The van der Waals surface area contributed by atoms with Crippen LogP contribution in [0, 0.1) is 6.92 Å². The molecular weight excluding hydrogens is 344 g/mol. The third kappa shape index (κ3) is 3.59. The zero-order valence-electron chi connectivity index (χ0n) is 15.7. The Hall–Kier alpha value is -3.42. The van der Waals surface area contributed by atoms with Crippen LogP contribution in [0.2, 0.25) is 0 Å². The maximum Gasteiger partial charge on any atom is 0.333 e. The molecular formula is C19H22N6O2. The number of fused-ring (bicyclic) bond motifs is 1. The Morgan fingerprint density at radius 1 is 1.15 bits per heavy atom. The normalized spacial score (nSPS) is 10.9. The number of aromatic nitrogens is 3. The van der Waals surface area contributed by atoms with Crippen molar-refractivity contribution in [3.8, 4) is 11.3 Å². The van der Waals surface area contributed by atoms with Crippen LogP contribution in [-0.2, 0) is 0 Å². The van der Waals surface area contributed by atoms with Crippen LogP contribution in [0.4, 0.5) is 4.79 Å². The second kappa shape index (κ2) is 7.45. The van der Waals surface area contributed by atoms with Crippen molar-refractivity contribution >= 4 is 23.0 Å². The fourth-order valence-corrected chi connectivity index (χ4v) is 2.83. The van der Waals surface area contributed by atoms with Crippen LogP contribution in [0.25, 0.3) is 22.3 Å². The minimum Gasteiger partial charge on any atom is -0.340 e. The molecule has 3 amide bonds. The van der Waals surface area contributed by atoms with E-state index in [1.165, 1.54) is 7.05 Å². The highest BCUT2D eigenvalue weighted by molar-refractivity contribution is 6.06. The largest absolute Gasteiger partial charge is 0.340 e. The predicted molar refractivity (Wildman–Crippen MR) is 103 cm³/mol. The van der Waals surface area contributed by atoms with Gasteiger partial charge in [0.1, 0.15) is 0 Å². The van der Waals surface area contributed by atoms with E-state index < -0.39 is 11.9 Å². The molecule has 0 saturated heterocycles. The van der Waals surface area contributed by atoms with Gasteiger partial charge in [0.2, 0.25) is 0 Å². The van der Waals surface area contributed by atoms with Crippen LogP contribution in [-0.4, -0.2) is 33.8 Å². The second-order valence-corrected chi connectivity index (χ2v) is 6.45. The van der Waals surface area contributed by atoms with Gasteiger partial charge in [0.15, 0.2) is 5.65 Å². The van der Waals surface area contributed by atoms with E-state index in [0.717, 1.165) is 11.1 Å². The molecule has 0 aliphatic carbocycles. The average molecular weight is 366 g/mol. The molecule has 3 aromatic rings. The Morgan fingerprint density at radius 3 is 2.56 bits per heavy atom. The summed E-state index contributed by atoms with van der Waals surface area (Å²) in [7, 11) is 1.47. The minimum absolute atomic E-state index is 0.0852. The van der Waals surface area contributed by atoms with E-state index in [4.69, 9.17) is 4.98 Å². The molecule has 0 aliphatic heterocycles. The summed E-state index contributed by atoms with van der Waals surface area (Å²) < 4.78 is 1.78. The molecule has 2 aromatic heterocycles. The fraction of sp³-hybridized carbons (Fsp3) is 0.263. The van der Waals surface area contributed by atoms with Crippen LogP contribution < -0.4 is 16.2 Å². The van der Waals surface area contributed by atoms with Crippen molar-refractivity contribution < 1.29 is 9.59 Å². The number of nitrogens with one attached hydrogen (secondary N) is 3. The number of pyridine rings is 1. The van der Waals surface area contributed by atoms with Gasteiger partial charge in [0, 0.05) is 18.7 Å². The van der Waals surface area contributed by atoms with Gasteiger partial charge in [-0.3, -0.25) is 10.2 Å². The fourth-order valence-electron chi connectivity index (χ4n) is 2.83. The summed E-state index contributed by atoms with van der Waals surface area (Å²) in [6, 6.07) is 9.14. The summed E-state index contributed by atoms with van der Waals surface area (Å²) in [5.74, 6) is -0.441. The van der Waals surface area contributed by atoms with E-state index in [1.807, 2.05) is 45.0 Å². The van der Waals surface area contributed by atoms with Crippen LogP contribution in [0.5, 0.6) is 0 Å². The van der Waals surface area contributed by atoms with Crippen LogP contribution in [0.15, 0.2) is 36.5 Å². The number of hydrogen-bond donors (Lipinski definition) is 3. The number of carbonyl (C=O) groups excluding carboxylic acids is 2. The number of amides is 3. The number of hydrazine groups is 1. The van der Waals surface area contributed by atoms with Gasteiger partial charge in [0.05, 0.1) is 22.8 Å². The maximum absolute atomic E-state index is 12.7. The lowest BCUT2D eigenvalue weighted by Gasteiger charge is -2.12. The summed E-state index contributed by atoms with van der Waals surface area (Å²) in [4.78, 5) is 28.8. The molecule has 27 heavy (non-hydrogen) atoms. The maximum atomic E-state index is 12.7. The lowest BCUT2D eigenvalue weighted by Crippen LogP contribution is -2.45. The summed E-state index contributed by atoms with van der Waals surface area (Å²) in [5, 5.41) is 7.38.